The van der Waals surface area contributed by atoms with Crippen LogP contribution in [-0.2, 0) is 15.6 Å². The monoisotopic (exact) mass is 530 g/mol. The van der Waals surface area contributed by atoms with Gasteiger partial charge in [-0.05, 0) is 39.9 Å². The highest BCUT2D eigenvalue weighted by molar-refractivity contribution is 5.68. The predicted octanol–water partition coefficient (Wildman–Crippen LogP) is 11.2. The van der Waals surface area contributed by atoms with Crippen LogP contribution < -0.4 is 0 Å². The van der Waals surface area contributed by atoms with E-state index in [1.54, 1.807) is 0 Å². The van der Waals surface area contributed by atoms with Gasteiger partial charge < -0.3 is 10.2 Å². The molecule has 0 radical (unpaired) electrons. The van der Waals surface area contributed by atoms with Crippen molar-refractivity contribution in [3.63, 3.8) is 0 Å². The normalized spacial score (nSPS) is 13.1. The van der Waals surface area contributed by atoms with E-state index in [-0.39, 0.29) is 23.2 Å². The molecule has 3 heteroatoms. The Bertz CT molecular complexity index is 746. The van der Waals surface area contributed by atoms with Crippen LogP contribution in [0.4, 0.5) is 0 Å². The standard InChI is InChI=1S/C35H62O3/c1-8-9-10-11-12-13-14-15-16-17-18-19-20-21-22-23-24-28(27-32(36)37)29-25-30(34(2,3)4)33(38)31(26-29)35(5,6)7/h25-26,28,38H,8-24,27H2,1-7H3,(H,36,37). The molecule has 1 aromatic rings. The van der Waals surface area contributed by atoms with Gasteiger partial charge >= 0.3 is 5.97 Å². The molecule has 0 fully saturated rings. The van der Waals surface area contributed by atoms with Crippen molar-refractivity contribution >= 4 is 5.97 Å². The molecular formula is C35H62O3. The zero-order valence-electron chi connectivity index (χ0n) is 26.3. The SMILES string of the molecule is CCCCCCCCCCCCCCCCCCC(CC(=O)O)c1cc(C(C)(C)C)c(O)c(C(C)(C)C)c1. The maximum absolute atomic E-state index is 11.7. The molecule has 0 aliphatic heterocycles. The zero-order chi connectivity index (χ0) is 28.6. The largest absolute Gasteiger partial charge is 0.507 e. The van der Waals surface area contributed by atoms with E-state index < -0.39 is 5.97 Å². The first kappa shape index (κ1) is 34.5. The van der Waals surface area contributed by atoms with Crippen LogP contribution >= 0.6 is 0 Å². The van der Waals surface area contributed by atoms with Crippen LogP contribution in [-0.4, -0.2) is 16.2 Å². The van der Waals surface area contributed by atoms with Crippen LogP contribution in [0.2, 0.25) is 0 Å². The summed E-state index contributed by atoms with van der Waals surface area (Å²) in [7, 11) is 0. The summed E-state index contributed by atoms with van der Waals surface area (Å²) in [5, 5.41) is 20.7. The second-order valence-electron chi connectivity index (χ2n) is 13.9. The lowest BCUT2D eigenvalue weighted by molar-refractivity contribution is -0.137. The fraction of sp³-hybridized carbons (Fsp3) is 0.800. The molecule has 1 unspecified atom stereocenters. The second kappa shape index (κ2) is 18.0. The van der Waals surface area contributed by atoms with Gasteiger partial charge in [-0.2, -0.15) is 0 Å². The number of phenolic OH excluding ortho intramolecular Hbond substituents is 1. The van der Waals surface area contributed by atoms with E-state index in [1.165, 1.54) is 96.3 Å². The number of carboxylic acids is 1. The summed E-state index contributed by atoms with van der Waals surface area (Å²) in [6, 6.07) is 4.15. The van der Waals surface area contributed by atoms with Crippen LogP contribution in [0.5, 0.6) is 5.75 Å². The predicted molar refractivity (Wildman–Crippen MR) is 165 cm³/mol. The van der Waals surface area contributed by atoms with E-state index in [4.69, 9.17) is 0 Å². The van der Waals surface area contributed by atoms with Crippen LogP contribution in [0, 0.1) is 0 Å². The Balaban J connectivity index is 2.45. The summed E-state index contributed by atoms with van der Waals surface area (Å²) in [5.74, 6) is -0.388. The lowest BCUT2D eigenvalue weighted by Crippen LogP contribution is -2.19. The molecule has 220 valence electrons. The summed E-state index contributed by atoms with van der Waals surface area (Å²) in [6.45, 7) is 14.9. The molecule has 0 aliphatic rings. The van der Waals surface area contributed by atoms with Crippen LogP contribution in [0.1, 0.15) is 187 Å². The van der Waals surface area contributed by atoms with Crippen molar-refractivity contribution in [1.29, 1.82) is 0 Å². The molecule has 0 saturated heterocycles. The topological polar surface area (TPSA) is 57.5 Å². The molecule has 0 amide bonds. The third-order valence-electron chi connectivity index (χ3n) is 8.05. The molecule has 2 N–H and O–H groups in total. The first-order chi connectivity index (χ1) is 17.9. The first-order valence-electron chi connectivity index (χ1n) is 16.0. The summed E-state index contributed by atoms with van der Waals surface area (Å²) < 4.78 is 0. The van der Waals surface area contributed by atoms with Crippen molar-refractivity contribution in [3.05, 3.63) is 28.8 Å². The van der Waals surface area contributed by atoms with Crippen molar-refractivity contribution in [2.45, 2.75) is 181 Å². The molecule has 0 heterocycles. The molecular weight excluding hydrogens is 468 g/mol. The highest BCUT2D eigenvalue weighted by Gasteiger charge is 2.28. The van der Waals surface area contributed by atoms with Gasteiger partial charge in [0.25, 0.3) is 0 Å². The zero-order valence-corrected chi connectivity index (χ0v) is 26.3. The molecule has 0 bridgehead atoms. The fourth-order valence-corrected chi connectivity index (χ4v) is 5.57. The number of aromatic hydroxyl groups is 1. The average Bonchev–Trinajstić information content (AvgIpc) is 2.81. The Morgan fingerprint density at radius 2 is 1.00 bits per heavy atom. The third-order valence-corrected chi connectivity index (χ3v) is 8.05. The van der Waals surface area contributed by atoms with Gasteiger partial charge in [0.2, 0.25) is 0 Å². The third kappa shape index (κ3) is 14.0. The maximum atomic E-state index is 11.7. The molecule has 0 spiro atoms. The summed E-state index contributed by atoms with van der Waals surface area (Å²) in [5.41, 5.74) is 2.50. The van der Waals surface area contributed by atoms with Crippen LogP contribution in [0.3, 0.4) is 0 Å². The van der Waals surface area contributed by atoms with Crippen LogP contribution in [0.15, 0.2) is 12.1 Å². The number of aliphatic carboxylic acids is 1. The quantitative estimate of drug-likeness (QED) is 0.165. The van der Waals surface area contributed by atoms with Crippen molar-refractivity contribution in [1.82, 2.24) is 0 Å². The van der Waals surface area contributed by atoms with Gasteiger partial charge in [0, 0.05) is 0 Å². The van der Waals surface area contributed by atoms with Crippen molar-refractivity contribution in [3.8, 4) is 5.75 Å². The minimum Gasteiger partial charge on any atom is -0.507 e. The highest BCUT2D eigenvalue weighted by Crippen LogP contribution is 2.42. The van der Waals surface area contributed by atoms with E-state index in [0.717, 1.165) is 29.5 Å². The molecule has 1 atom stereocenters. The van der Waals surface area contributed by atoms with Gasteiger partial charge in [-0.25, -0.2) is 0 Å². The smallest absolute Gasteiger partial charge is 0.303 e. The summed E-state index contributed by atoms with van der Waals surface area (Å²) in [6.07, 6.45) is 22.5. The first-order valence-corrected chi connectivity index (χ1v) is 16.0. The van der Waals surface area contributed by atoms with E-state index in [0.29, 0.717) is 5.75 Å². The van der Waals surface area contributed by atoms with Gasteiger partial charge in [0.15, 0.2) is 0 Å². The Morgan fingerprint density at radius 1 is 0.658 bits per heavy atom. The van der Waals surface area contributed by atoms with E-state index >= 15 is 0 Å². The van der Waals surface area contributed by atoms with Crippen molar-refractivity contribution < 1.29 is 15.0 Å². The number of hydrogen-bond donors (Lipinski definition) is 2. The van der Waals surface area contributed by atoms with Gasteiger partial charge in [0.05, 0.1) is 6.42 Å². The minimum atomic E-state index is -0.741. The highest BCUT2D eigenvalue weighted by atomic mass is 16.4. The van der Waals surface area contributed by atoms with E-state index in [2.05, 4.69) is 60.6 Å². The number of hydrogen-bond acceptors (Lipinski definition) is 2. The van der Waals surface area contributed by atoms with Gasteiger partial charge in [-0.3, -0.25) is 4.79 Å². The number of carboxylic acid groups (broad SMARTS) is 1. The Morgan fingerprint density at radius 3 is 1.32 bits per heavy atom. The van der Waals surface area contributed by atoms with E-state index in [1.807, 2.05) is 0 Å². The fourth-order valence-electron chi connectivity index (χ4n) is 5.57. The van der Waals surface area contributed by atoms with Gasteiger partial charge in [0.1, 0.15) is 5.75 Å². The summed E-state index contributed by atoms with van der Waals surface area (Å²) >= 11 is 0. The summed E-state index contributed by atoms with van der Waals surface area (Å²) in [4.78, 5) is 11.7. The number of benzene rings is 1. The maximum Gasteiger partial charge on any atom is 0.303 e. The molecule has 38 heavy (non-hydrogen) atoms. The number of unbranched alkanes of at least 4 members (excludes halogenated alkanes) is 15. The number of phenols is 1. The lowest BCUT2D eigenvalue weighted by Gasteiger charge is -2.30. The Hall–Kier alpha value is -1.51. The second-order valence-corrected chi connectivity index (χ2v) is 13.9. The Kier molecular flexibility index (Phi) is 16.3. The Labute approximate surface area is 236 Å². The number of carbonyl (C=O) groups is 1. The molecule has 1 aromatic carbocycles. The van der Waals surface area contributed by atoms with Crippen molar-refractivity contribution in [2.24, 2.45) is 0 Å². The van der Waals surface area contributed by atoms with Crippen LogP contribution in [0.25, 0.3) is 0 Å². The molecule has 3 nitrogen and oxygen atoms in total. The molecule has 0 saturated carbocycles. The number of rotatable bonds is 20. The van der Waals surface area contributed by atoms with Gasteiger partial charge in [-0.15, -0.1) is 0 Å². The minimum absolute atomic E-state index is 0.0121. The molecule has 1 rings (SSSR count). The molecule has 0 aliphatic carbocycles. The average molecular weight is 531 g/mol. The lowest BCUT2D eigenvalue weighted by atomic mass is 9.76. The van der Waals surface area contributed by atoms with Crippen molar-refractivity contribution in [2.75, 3.05) is 0 Å². The van der Waals surface area contributed by atoms with Gasteiger partial charge in [-0.1, -0.05) is 163 Å². The van der Waals surface area contributed by atoms with E-state index in [9.17, 15) is 15.0 Å². The molecule has 0 aromatic heterocycles.